The molecule has 0 aliphatic heterocycles. The van der Waals surface area contributed by atoms with Crippen LogP contribution in [0.25, 0.3) is 0 Å². The van der Waals surface area contributed by atoms with E-state index in [1.165, 1.54) is 0 Å². The maximum atomic E-state index is 9.89. The maximum absolute atomic E-state index is 9.89. The summed E-state index contributed by atoms with van der Waals surface area (Å²) in [6.07, 6.45) is 3.63. The van der Waals surface area contributed by atoms with Gasteiger partial charge in [-0.25, -0.2) is 0 Å². The molecule has 0 amide bonds. The number of nitrogens with one attached hydrogen (secondary N) is 1. The van der Waals surface area contributed by atoms with Gasteiger partial charge in [0.1, 0.15) is 11.5 Å². The van der Waals surface area contributed by atoms with E-state index in [0.29, 0.717) is 18.3 Å². The molecule has 4 heteroatoms. The second-order valence-corrected chi connectivity index (χ2v) is 5.50. The van der Waals surface area contributed by atoms with Crippen molar-refractivity contribution in [3.63, 3.8) is 0 Å². The molecule has 2 N–H and O–H groups in total. The van der Waals surface area contributed by atoms with Crippen LogP contribution in [0.15, 0.2) is 45.5 Å². The van der Waals surface area contributed by atoms with E-state index in [9.17, 15) is 5.11 Å². The highest BCUT2D eigenvalue weighted by atomic mass is 79.9. The monoisotopic (exact) mass is 323 g/mol. The number of phenolic OH excluding ortho intramolecular Hbond substituents is 1. The van der Waals surface area contributed by atoms with Crippen LogP contribution in [-0.4, -0.2) is 11.1 Å². The van der Waals surface area contributed by atoms with E-state index < -0.39 is 0 Å². The van der Waals surface area contributed by atoms with Gasteiger partial charge in [-0.15, -0.1) is 0 Å². The SMILES string of the molecule is CC(CCc1ccco1)NCc1cccc(Br)c1O. The summed E-state index contributed by atoms with van der Waals surface area (Å²) >= 11 is 3.32. The Morgan fingerprint density at radius 1 is 1.32 bits per heavy atom. The molecule has 102 valence electrons. The zero-order valence-electron chi connectivity index (χ0n) is 10.9. The molecule has 0 saturated heterocycles. The van der Waals surface area contributed by atoms with E-state index in [2.05, 4.69) is 28.2 Å². The molecule has 2 aromatic rings. The van der Waals surface area contributed by atoms with E-state index in [1.54, 1.807) is 6.26 Å². The Morgan fingerprint density at radius 3 is 2.89 bits per heavy atom. The van der Waals surface area contributed by atoms with Crippen LogP contribution in [0.5, 0.6) is 5.75 Å². The molecule has 1 unspecified atom stereocenters. The van der Waals surface area contributed by atoms with Gasteiger partial charge in [0.15, 0.2) is 0 Å². The lowest BCUT2D eigenvalue weighted by atomic mass is 10.1. The number of hydrogen-bond donors (Lipinski definition) is 2. The summed E-state index contributed by atoms with van der Waals surface area (Å²) in [7, 11) is 0. The van der Waals surface area contributed by atoms with Crippen molar-refractivity contribution >= 4 is 15.9 Å². The van der Waals surface area contributed by atoms with Crippen molar-refractivity contribution in [3.05, 3.63) is 52.4 Å². The number of phenols is 1. The molecular weight excluding hydrogens is 306 g/mol. The number of hydrogen-bond acceptors (Lipinski definition) is 3. The Labute approximate surface area is 121 Å². The zero-order chi connectivity index (χ0) is 13.7. The van der Waals surface area contributed by atoms with Crippen molar-refractivity contribution in [2.75, 3.05) is 0 Å². The van der Waals surface area contributed by atoms with Crippen LogP contribution in [0.3, 0.4) is 0 Å². The summed E-state index contributed by atoms with van der Waals surface area (Å²) in [5.74, 6) is 1.33. The molecule has 0 radical (unpaired) electrons. The van der Waals surface area contributed by atoms with Crippen LogP contribution in [0.4, 0.5) is 0 Å². The van der Waals surface area contributed by atoms with Crippen LogP contribution in [-0.2, 0) is 13.0 Å². The molecule has 0 fully saturated rings. The number of furan rings is 1. The summed E-state index contributed by atoms with van der Waals surface area (Å²) in [6.45, 7) is 2.79. The first-order valence-electron chi connectivity index (χ1n) is 6.39. The van der Waals surface area contributed by atoms with Gasteiger partial charge < -0.3 is 14.8 Å². The Morgan fingerprint density at radius 2 is 2.16 bits per heavy atom. The standard InChI is InChI=1S/C15H18BrNO2/c1-11(7-8-13-5-3-9-19-13)17-10-12-4-2-6-14(16)15(12)18/h2-6,9,11,17-18H,7-8,10H2,1H3. The van der Waals surface area contributed by atoms with Crippen molar-refractivity contribution < 1.29 is 9.52 Å². The lowest BCUT2D eigenvalue weighted by Crippen LogP contribution is -2.25. The van der Waals surface area contributed by atoms with Crippen LogP contribution >= 0.6 is 15.9 Å². The Balaban J connectivity index is 1.80. The minimum atomic E-state index is 0.313. The van der Waals surface area contributed by atoms with Crippen molar-refractivity contribution in [3.8, 4) is 5.75 Å². The van der Waals surface area contributed by atoms with Crippen molar-refractivity contribution in [2.45, 2.75) is 32.4 Å². The highest BCUT2D eigenvalue weighted by Crippen LogP contribution is 2.27. The Bertz CT molecular complexity index is 511. The molecular formula is C15H18BrNO2. The minimum Gasteiger partial charge on any atom is -0.506 e. The molecule has 1 aromatic heterocycles. The van der Waals surface area contributed by atoms with E-state index in [-0.39, 0.29) is 0 Å². The van der Waals surface area contributed by atoms with Crippen LogP contribution in [0, 0.1) is 0 Å². The smallest absolute Gasteiger partial charge is 0.134 e. The van der Waals surface area contributed by atoms with Gasteiger partial charge in [-0.05, 0) is 47.5 Å². The molecule has 0 bridgehead atoms. The fourth-order valence-electron chi connectivity index (χ4n) is 1.90. The van der Waals surface area contributed by atoms with Gasteiger partial charge in [-0.3, -0.25) is 0 Å². The second kappa shape index (κ2) is 6.78. The van der Waals surface area contributed by atoms with Gasteiger partial charge in [0.2, 0.25) is 0 Å². The molecule has 0 spiro atoms. The summed E-state index contributed by atoms with van der Waals surface area (Å²) in [5.41, 5.74) is 0.902. The van der Waals surface area contributed by atoms with E-state index in [0.717, 1.165) is 28.6 Å². The number of aryl methyl sites for hydroxylation is 1. The lowest BCUT2D eigenvalue weighted by Gasteiger charge is -2.14. The first-order chi connectivity index (χ1) is 9.16. The van der Waals surface area contributed by atoms with Gasteiger partial charge in [0.05, 0.1) is 10.7 Å². The number of halogens is 1. The highest BCUT2D eigenvalue weighted by molar-refractivity contribution is 9.10. The number of rotatable bonds is 6. The summed E-state index contributed by atoms with van der Waals surface area (Å²) in [5, 5.41) is 13.3. The average molecular weight is 324 g/mol. The summed E-state index contributed by atoms with van der Waals surface area (Å²) in [4.78, 5) is 0. The Kier molecular flexibility index (Phi) is 5.05. The second-order valence-electron chi connectivity index (χ2n) is 4.65. The Hall–Kier alpha value is -1.26. The molecule has 1 atom stereocenters. The molecule has 0 aliphatic rings. The number of aromatic hydroxyl groups is 1. The fraction of sp³-hybridized carbons (Fsp3) is 0.333. The molecule has 0 saturated carbocycles. The minimum absolute atomic E-state index is 0.313. The molecule has 1 heterocycles. The summed E-state index contributed by atoms with van der Waals surface area (Å²) < 4.78 is 6.04. The van der Waals surface area contributed by atoms with E-state index in [1.807, 2.05) is 30.3 Å². The quantitative estimate of drug-likeness (QED) is 0.848. The molecule has 0 aliphatic carbocycles. The van der Waals surface area contributed by atoms with E-state index >= 15 is 0 Å². The maximum Gasteiger partial charge on any atom is 0.134 e. The van der Waals surface area contributed by atoms with Gasteiger partial charge in [0.25, 0.3) is 0 Å². The predicted molar refractivity (Wildman–Crippen MR) is 79.1 cm³/mol. The molecule has 19 heavy (non-hydrogen) atoms. The lowest BCUT2D eigenvalue weighted by molar-refractivity contribution is 0.442. The van der Waals surface area contributed by atoms with Crippen molar-refractivity contribution in [2.24, 2.45) is 0 Å². The van der Waals surface area contributed by atoms with Gasteiger partial charge >= 0.3 is 0 Å². The van der Waals surface area contributed by atoms with Gasteiger partial charge in [0, 0.05) is 24.6 Å². The average Bonchev–Trinajstić information content (AvgIpc) is 2.91. The van der Waals surface area contributed by atoms with Crippen LogP contribution < -0.4 is 5.32 Å². The zero-order valence-corrected chi connectivity index (χ0v) is 12.5. The fourth-order valence-corrected chi connectivity index (χ4v) is 2.31. The molecule has 1 aromatic carbocycles. The largest absolute Gasteiger partial charge is 0.506 e. The first kappa shape index (κ1) is 14.2. The number of benzene rings is 1. The van der Waals surface area contributed by atoms with Crippen molar-refractivity contribution in [1.82, 2.24) is 5.32 Å². The highest BCUT2D eigenvalue weighted by Gasteiger charge is 2.07. The third kappa shape index (κ3) is 4.11. The van der Waals surface area contributed by atoms with Crippen molar-refractivity contribution in [1.29, 1.82) is 0 Å². The normalized spacial score (nSPS) is 12.5. The molecule has 3 nitrogen and oxygen atoms in total. The van der Waals surface area contributed by atoms with Gasteiger partial charge in [-0.1, -0.05) is 12.1 Å². The summed E-state index contributed by atoms with van der Waals surface area (Å²) in [6, 6.07) is 9.95. The third-order valence-electron chi connectivity index (χ3n) is 3.12. The van der Waals surface area contributed by atoms with Crippen LogP contribution in [0.2, 0.25) is 0 Å². The topological polar surface area (TPSA) is 45.4 Å². The third-order valence-corrected chi connectivity index (χ3v) is 3.76. The predicted octanol–water partition coefficient (Wildman–Crippen LogP) is 3.86. The van der Waals surface area contributed by atoms with E-state index in [4.69, 9.17) is 4.42 Å². The number of para-hydroxylation sites is 1. The van der Waals surface area contributed by atoms with Gasteiger partial charge in [-0.2, -0.15) is 0 Å². The van der Waals surface area contributed by atoms with Crippen LogP contribution in [0.1, 0.15) is 24.7 Å². The molecule has 2 rings (SSSR count). The first-order valence-corrected chi connectivity index (χ1v) is 7.18.